The molecule has 0 saturated carbocycles. The number of carbonyl (C=O) groups is 2. The summed E-state index contributed by atoms with van der Waals surface area (Å²) in [6, 6.07) is 13.5. The van der Waals surface area contributed by atoms with Crippen molar-refractivity contribution in [2.45, 2.75) is 13.8 Å². The molecule has 0 fully saturated rings. The highest BCUT2D eigenvalue weighted by molar-refractivity contribution is 6.35. The second kappa shape index (κ2) is 7.86. The van der Waals surface area contributed by atoms with Gasteiger partial charge in [-0.3, -0.25) is 9.59 Å². The van der Waals surface area contributed by atoms with Gasteiger partial charge in [-0.1, -0.05) is 23.2 Å². The van der Waals surface area contributed by atoms with Crippen molar-refractivity contribution in [3.63, 3.8) is 0 Å². The molecule has 2 N–H and O–H groups in total. The molecule has 0 aliphatic carbocycles. The maximum Gasteiger partial charge on any atom is 0.259 e. The molecule has 27 heavy (non-hydrogen) atoms. The summed E-state index contributed by atoms with van der Waals surface area (Å²) in [6.45, 7) is 3.14. The number of rotatable bonds is 4. The molecule has 3 aromatic rings. The van der Waals surface area contributed by atoms with Gasteiger partial charge < -0.3 is 15.1 Å². The molecule has 0 radical (unpaired) electrons. The van der Waals surface area contributed by atoms with Crippen LogP contribution in [0.4, 0.5) is 11.4 Å². The average molecular weight is 403 g/mol. The summed E-state index contributed by atoms with van der Waals surface area (Å²) in [5.41, 5.74) is 2.26. The third-order valence-electron chi connectivity index (χ3n) is 3.82. The van der Waals surface area contributed by atoms with E-state index in [0.29, 0.717) is 44.1 Å². The summed E-state index contributed by atoms with van der Waals surface area (Å²) in [6.07, 6.45) is 0. The van der Waals surface area contributed by atoms with Gasteiger partial charge >= 0.3 is 0 Å². The third kappa shape index (κ3) is 4.51. The smallest absolute Gasteiger partial charge is 0.259 e. The SMILES string of the molecule is CC(=O)Nc1ccc(NC(=O)c2cc(-c3cc(Cl)ccc3Cl)oc2C)cc1. The van der Waals surface area contributed by atoms with E-state index in [-0.39, 0.29) is 11.8 Å². The van der Waals surface area contributed by atoms with Gasteiger partial charge in [0, 0.05) is 28.9 Å². The van der Waals surface area contributed by atoms with E-state index in [9.17, 15) is 9.59 Å². The van der Waals surface area contributed by atoms with E-state index < -0.39 is 0 Å². The average Bonchev–Trinajstić information content (AvgIpc) is 3.00. The second-order valence-electron chi connectivity index (χ2n) is 5.92. The molecule has 0 saturated heterocycles. The van der Waals surface area contributed by atoms with Crippen LogP contribution in [0.1, 0.15) is 23.0 Å². The summed E-state index contributed by atoms with van der Waals surface area (Å²) in [7, 11) is 0. The van der Waals surface area contributed by atoms with Gasteiger partial charge in [0.2, 0.25) is 5.91 Å². The molecular formula is C20H16Cl2N2O3. The number of anilines is 2. The molecule has 1 aromatic heterocycles. The predicted molar refractivity (Wildman–Crippen MR) is 108 cm³/mol. The van der Waals surface area contributed by atoms with Crippen LogP contribution in [0.25, 0.3) is 11.3 Å². The topological polar surface area (TPSA) is 71.3 Å². The van der Waals surface area contributed by atoms with Crippen LogP contribution in [0, 0.1) is 6.92 Å². The van der Waals surface area contributed by atoms with Crippen molar-refractivity contribution in [2.24, 2.45) is 0 Å². The molecule has 5 nitrogen and oxygen atoms in total. The second-order valence-corrected chi connectivity index (χ2v) is 6.76. The van der Waals surface area contributed by atoms with E-state index in [1.165, 1.54) is 6.92 Å². The molecule has 2 amide bonds. The summed E-state index contributed by atoms with van der Waals surface area (Å²) >= 11 is 12.2. The Kier molecular flexibility index (Phi) is 5.54. The standard InChI is InChI=1S/C20H16Cl2N2O3/c1-11-16(10-19(27-11)17-9-13(21)3-8-18(17)22)20(26)24-15-6-4-14(5-7-15)23-12(2)25/h3-10H,1-2H3,(H,23,25)(H,24,26). The first-order valence-corrected chi connectivity index (χ1v) is 8.84. The molecule has 0 bridgehead atoms. The van der Waals surface area contributed by atoms with Crippen molar-refractivity contribution in [3.8, 4) is 11.3 Å². The quantitative estimate of drug-likeness (QED) is 0.581. The lowest BCUT2D eigenvalue weighted by atomic mass is 10.1. The lowest BCUT2D eigenvalue weighted by Crippen LogP contribution is -2.12. The van der Waals surface area contributed by atoms with Crippen LogP contribution in [-0.2, 0) is 4.79 Å². The number of aryl methyl sites for hydroxylation is 1. The fourth-order valence-electron chi connectivity index (χ4n) is 2.57. The van der Waals surface area contributed by atoms with Crippen LogP contribution in [0.3, 0.4) is 0 Å². The highest BCUT2D eigenvalue weighted by Crippen LogP contribution is 2.33. The van der Waals surface area contributed by atoms with Crippen molar-refractivity contribution in [3.05, 3.63) is 69.9 Å². The molecule has 0 unspecified atom stereocenters. The lowest BCUT2D eigenvalue weighted by Gasteiger charge is -2.06. The first-order chi connectivity index (χ1) is 12.8. The Balaban J connectivity index is 1.80. The van der Waals surface area contributed by atoms with Crippen LogP contribution in [0.2, 0.25) is 10.0 Å². The first kappa shape index (κ1) is 19.0. The van der Waals surface area contributed by atoms with Crippen LogP contribution in [0.5, 0.6) is 0 Å². The number of hydrogen-bond acceptors (Lipinski definition) is 3. The maximum atomic E-state index is 12.6. The van der Waals surface area contributed by atoms with Crippen molar-refractivity contribution in [1.29, 1.82) is 0 Å². The van der Waals surface area contributed by atoms with Gasteiger partial charge in [0.15, 0.2) is 0 Å². The zero-order chi connectivity index (χ0) is 19.6. The van der Waals surface area contributed by atoms with E-state index in [2.05, 4.69) is 10.6 Å². The van der Waals surface area contributed by atoms with E-state index in [1.807, 2.05) is 0 Å². The molecule has 3 rings (SSSR count). The molecule has 0 atom stereocenters. The third-order valence-corrected chi connectivity index (χ3v) is 4.38. The van der Waals surface area contributed by atoms with E-state index in [4.69, 9.17) is 27.6 Å². The van der Waals surface area contributed by atoms with Gasteiger partial charge in [-0.15, -0.1) is 0 Å². The normalized spacial score (nSPS) is 10.5. The Morgan fingerprint density at radius 2 is 1.56 bits per heavy atom. The van der Waals surface area contributed by atoms with Gasteiger partial charge in [-0.2, -0.15) is 0 Å². The largest absolute Gasteiger partial charge is 0.460 e. The minimum absolute atomic E-state index is 0.159. The Labute approximate surface area is 166 Å². The van der Waals surface area contributed by atoms with Crippen molar-refractivity contribution in [2.75, 3.05) is 10.6 Å². The minimum atomic E-state index is -0.312. The van der Waals surface area contributed by atoms with Crippen LogP contribution in [-0.4, -0.2) is 11.8 Å². The van der Waals surface area contributed by atoms with Crippen LogP contribution in [0.15, 0.2) is 52.9 Å². The number of benzene rings is 2. The van der Waals surface area contributed by atoms with Crippen LogP contribution >= 0.6 is 23.2 Å². The van der Waals surface area contributed by atoms with E-state index in [0.717, 1.165) is 0 Å². The zero-order valence-corrected chi connectivity index (χ0v) is 16.1. The number of carbonyl (C=O) groups excluding carboxylic acids is 2. The summed E-state index contributed by atoms with van der Waals surface area (Å²) < 4.78 is 5.71. The maximum absolute atomic E-state index is 12.6. The highest BCUT2D eigenvalue weighted by Gasteiger charge is 2.18. The summed E-state index contributed by atoms with van der Waals surface area (Å²) in [5, 5.41) is 6.47. The van der Waals surface area contributed by atoms with E-state index >= 15 is 0 Å². The molecular weight excluding hydrogens is 387 g/mol. The van der Waals surface area contributed by atoms with Gasteiger partial charge in [0.1, 0.15) is 11.5 Å². The molecule has 0 aliphatic rings. The molecule has 138 valence electrons. The van der Waals surface area contributed by atoms with Gasteiger partial charge in [-0.05, 0) is 55.5 Å². The molecule has 7 heteroatoms. The van der Waals surface area contributed by atoms with Crippen molar-refractivity contribution >= 4 is 46.4 Å². The Hall–Kier alpha value is -2.76. The fourth-order valence-corrected chi connectivity index (χ4v) is 2.95. The number of furan rings is 1. The fraction of sp³-hybridized carbons (Fsp3) is 0.100. The van der Waals surface area contributed by atoms with Gasteiger partial charge in [0.05, 0.1) is 10.6 Å². The number of hydrogen-bond donors (Lipinski definition) is 2. The molecule has 0 spiro atoms. The van der Waals surface area contributed by atoms with E-state index in [1.54, 1.807) is 55.5 Å². The molecule has 2 aromatic carbocycles. The molecule has 1 heterocycles. The summed E-state index contributed by atoms with van der Waals surface area (Å²) in [4.78, 5) is 23.6. The first-order valence-electron chi connectivity index (χ1n) is 8.08. The van der Waals surface area contributed by atoms with Crippen LogP contribution < -0.4 is 10.6 Å². The van der Waals surface area contributed by atoms with Gasteiger partial charge in [0.25, 0.3) is 5.91 Å². The minimum Gasteiger partial charge on any atom is -0.460 e. The monoisotopic (exact) mass is 402 g/mol. The highest BCUT2D eigenvalue weighted by atomic mass is 35.5. The van der Waals surface area contributed by atoms with Gasteiger partial charge in [-0.25, -0.2) is 0 Å². The molecule has 0 aliphatic heterocycles. The predicted octanol–water partition coefficient (Wildman–Crippen LogP) is 5.77. The van der Waals surface area contributed by atoms with Crippen molar-refractivity contribution < 1.29 is 14.0 Å². The Morgan fingerprint density at radius 3 is 2.19 bits per heavy atom. The Bertz CT molecular complexity index is 1010. The summed E-state index contributed by atoms with van der Waals surface area (Å²) in [5.74, 6) is 0.459. The number of nitrogens with one attached hydrogen (secondary N) is 2. The number of halogens is 2. The number of amides is 2. The Morgan fingerprint density at radius 1 is 0.926 bits per heavy atom. The zero-order valence-electron chi connectivity index (χ0n) is 14.6. The lowest BCUT2D eigenvalue weighted by molar-refractivity contribution is -0.114. The van der Waals surface area contributed by atoms with Crippen molar-refractivity contribution in [1.82, 2.24) is 0 Å².